The predicted octanol–water partition coefficient (Wildman–Crippen LogP) is -0.112. The molecule has 0 aliphatic rings. The summed E-state index contributed by atoms with van der Waals surface area (Å²) in [5.74, 6) is -1.27. The number of aromatic carboxylic acids is 1. The molecule has 1 aromatic rings. The minimum absolute atomic E-state index is 0.0701. The van der Waals surface area contributed by atoms with Crippen molar-refractivity contribution in [1.29, 1.82) is 0 Å². The van der Waals surface area contributed by atoms with Gasteiger partial charge in [-0.1, -0.05) is 0 Å². The summed E-state index contributed by atoms with van der Waals surface area (Å²) in [4.78, 5) is 21.7. The van der Waals surface area contributed by atoms with Crippen LogP contribution >= 0.6 is 0 Å². The number of carboxylic acids is 1. The Labute approximate surface area is 80.5 Å². The Kier molecular flexibility index (Phi) is 2.85. The van der Waals surface area contributed by atoms with Crippen LogP contribution in [-0.4, -0.2) is 33.8 Å². The van der Waals surface area contributed by atoms with Crippen LogP contribution in [0.3, 0.4) is 0 Å². The van der Waals surface area contributed by atoms with Crippen molar-refractivity contribution in [2.24, 2.45) is 0 Å². The number of nitrogens with zero attached hydrogens (tertiary/aromatic N) is 2. The first-order valence-corrected chi connectivity index (χ1v) is 4.05. The van der Waals surface area contributed by atoms with Crippen molar-refractivity contribution >= 4 is 11.9 Å². The fourth-order valence-corrected chi connectivity index (χ4v) is 0.989. The quantitative estimate of drug-likeness (QED) is 0.708. The monoisotopic (exact) mass is 197 g/mol. The molecule has 1 heterocycles. The lowest BCUT2D eigenvalue weighted by molar-refractivity contribution is -0.123. The van der Waals surface area contributed by atoms with Crippen LogP contribution in [0.1, 0.15) is 23.3 Å². The first-order chi connectivity index (χ1) is 6.56. The molecular weight excluding hydrogens is 186 g/mol. The van der Waals surface area contributed by atoms with E-state index in [4.69, 9.17) is 5.11 Å². The SMILES string of the molecule is CNC(=O)C(C)n1cc(C(=O)O)cn1. The zero-order chi connectivity index (χ0) is 10.7. The number of carbonyl (C=O) groups is 2. The zero-order valence-electron chi connectivity index (χ0n) is 7.89. The highest BCUT2D eigenvalue weighted by molar-refractivity contribution is 5.87. The van der Waals surface area contributed by atoms with E-state index >= 15 is 0 Å². The molecule has 1 unspecified atom stereocenters. The second-order valence-electron chi connectivity index (χ2n) is 2.80. The third-order valence-electron chi connectivity index (χ3n) is 1.87. The summed E-state index contributed by atoms with van der Waals surface area (Å²) in [6.07, 6.45) is 2.53. The Morgan fingerprint density at radius 2 is 2.29 bits per heavy atom. The Bertz CT molecular complexity index is 358. The van der Waals surface area contributed by atoms with E-state index in [1.54, 1.807) is 6.92 Å². The lowest BCUT2D eigenvalue weighted by atomic mass is 10.3. The van der Waals surface area contributed by atoms with E-state index in [1.165, 1.54) is 24.1 Å². The van der Waals surface area contributed by atoms with E-state index in [9.17, 15) is 9.59 Å². The molecule has 1 aromatic heterocycles. The molecule has 1 rings (SSSR count). The van der Waals surface area contributed by atoms with E-state index in [-0.39, 0.29) is 11.5 Å². The topological polar surface area (TPSA) is 84.2 Å². The first-order valence-electron chi connectivity index (χ1n) is 4.05. The summed E-state index contributed by atoms with van der Waals surface area (Å²) in [6.45, 7) is 1.64. The Hall–Kier alpha value is -1.85. The molecule has 14 heavy (non-hydrogen) atoms. The van der Waals surface area contributed by atoms with Crippen LogP contribution < -0.4 is 5.32 Å². The summed E-state index contributed by atoms with van der Waals surface area (Å²) >= 11 is 0. The van der Waals surface area contributed by atoms with E-state index in [0.29, 0.717) is 0 Å². The summed E-state index contributed by atoms with van der Waals surface area (Å²) in [7, 11) is 1.51. The van der Waals surface area contributed by atoms with Gasteiger partial charge in [-0.3, -0.25) is 9.48 Å². The molecule has 2 N–H and O–H groups in total. The number of carboxylic acid groups (broad SMARTS) is 1. The van der Waals surface area contributed by atoms with Crippen molar-refractivity contribution in [3.63, 3.8) is 0 Å². The lowest BCUT2D eigenvalue weighted by Crippen LogP contribution is -2.28. The minimum Gasteiger partial charge on any atom is -0.478 e. The largest absolute Gasteiger partial charge is 0.478 e. The van der Waals surface area contributed by atoms with Crippen LogP contribution in [0.4, 0.5) is 0 Å². The van der Waals surface area contributed by atoms with Crippen molar-refractivity contribution in [3.05, 3.63) is 18.0 Å². The van der Waals surface area contributed by atoms with Crippen molar-refractivity contribution in [3.8, 4) is 0 Å². The van der Waals surface area contributed by atoms with Crippen LogP contribution in [0.25, 0.3) is 0 Å². The normalized spacial score (nSPS) is 12.1. The number of hydrogen-bond donors (Lipinski definition) is 2. The molecular formula is C8H11N3O3. The van der Waals surface area contributed by atoms with Gasteiger partial charge >= 0.3 is 5.97 Å². The van der Waals surface area contributed by atoms with Gasteiger partial charge < -0.3 is 10.4 Å². The molecule has 0 radical (unpaired) electrons. The second-order valence-corrected chi connectivity index (χ2v) is 2.80. The molecule has 0 bridgehead atoms. The van der Waals surface area contributed by atoms with Crippen LogP contribution in [0.2, 0.25) is 0 Å². The standard InChI is InChI=1S/C8H11N3O3/c1-5(7(12)9-2)11-4-6(3-10-11)8(13)14/h3-5H,1-2H3,(H,9,12)(H,13,14). The van der Waals surface area contributed by atoms with Crippen LogP contribution in [0, 0.1) is 0 Å². The molecule has 0 saturated heterocycles. The molecule has 0 fully saturated rings. The van der Waals surface area contributed by atoms with Crippen molar-refractivity contribution in [2.75, 3.05) is 7.05 Å². The van der Waals surface area contributed by atoms with Gasteiger partial charge in [-0.2, -0.15) is 5.10 Å². The average Bonchev–Trinajstić information content (AvgIpc) is 2.64. The number of aromatic nitrogens is 2. The Morgan fingerprint density at radius 1 is 1.64 bits per heavy atom. The summed E-state index contributed by atoms with van der Waals surface area (Å²) in [5.41, 5.74) is 0.0701. The van der Waals surface area contributed by atoms with Crippen molar-refractivity contribution < 1.29 is 14.7 Å². The third kappa shape index (κ3) is 1.90. The van der Waals surface area contributed by atoms with Crippen LogP contribution in [0.5, 0.6) is 0 Å². The molecule has 6 nitrogen and oxygen atoms in total. The van der Waals surface area contributed by atoms with E-state index in [1.807, 2.05) is 0 Å². The van der Waals surface area contributed by atoms with Gasteiger partial charge in [0.15, 0.2) is 0 Å². The van der Waals surface area contributed by atoms with Crippen LogP contribution in [-0.2, 0) is 4.79 Å². The van der Waals surface area contributed by atoms with Crippen LogP contribution in [0.15, 0.2) is 12.4 Å². The molecule has 76 valence electrons. The Balaban J connectivity index is 2.86. The highest BCUT2D eigenvalue weighted by Crippen LogP contribution is 2.06. The van der Waals surface area contributed by atoms with Gasteiger partial charge in [0.2, 0.25) is 5.91 Å². The van der Waals surface area contributed by atoms with E-state index < -0.39 is 12.0 Å². The highest BCUT2D eigenvalue weighted by atomic mass is 16.4. The molecule has 1 atom stereocenters. The van der Waals surface area contributed by atoms with E-state index in [0.717, 1.165) is 0 Å². The van der Waals surface area contributed by atoms with Gasteiger partial charge in [-0.05, 0) is 6.92 Å². The number of carbonyl (C=O) groups excluding carboxylic acids is 1. The Morgan fingerprint density at radius 3 is 2.71 bits per heavy atom. The number of nitrogens with one attached hydrogen (secondary N) is 1. The molecule has 0 spiro atoms. The second kappa shape index (κ2) is 3.91. The van der Waals surface area contributed by atoms with Gasteiger partial charge in [0.1, 0.15) is 6.04 Å². The van der Waals surface area contributed by atoms with Crippen molar-refractivity contribution in [2.45, 2.75) is 13.0 Å². The molecule has 6 heteroatoms. The highest BCUT2D eigenvalue weighted by Gasteiger charge is 2.15. The lowest BCUT2D eigenvalue weighted by Gasteiger charge is -2.09. The third-order valence-corrected chi connectivity index (χ3v) is 1.87. The van der Waals surface area contributed by atoms with Gasteiger partial charge in [-0.25, -0.2) is 4.79 Å². The van der Waals surface area contributed by atoms with Gasteiger partial charge in [0, 0.05) is 13.2 Å². The van der Waals surface area contributed by atoms with Gasteiger partial charge in [-0.15, -0.1) is 0 Å². The van der Waals surface area contributed by atoms with Gasteiger partial charge in [0.25, 0.3) is 0 Å². The number of likely N-dealkylation sites (N-methyl/N-ethyl adjacent to an activating group) is 1. The fraction of sp³-hybridized carbons (Fsp3) is 0.375. The maximum atomic E-state index is 11.2. The summed E-state index contributed by atoms with van der Waals surface area (Å²) < 4.78 is 1.31. The number of rotatable bonds is 3. The van der Waals surface area contributed by atoms with Crippen molar-refractivity contribution in [1.82, 2.24) is 15.1 Å². The van der Waals surface area contributed by atoms with E-state index in [2.05, 4.69) is 10.4 Å². The predicted molar refractivity (Wildman–Crippen MR) is 48.0 cm³/mol. The first kappa shape index (κ1) is 10.2. The average molecular weight is 197 g/mol. The zero-order valence-corrected chi connectivity index (χ0v) is 7.89. The molecule has 0 saturated carbocycles. The molecule has 0 aliphatic carbocycles. The smallest absolute Gasteiger partial charge is 0.338 e. The summed E-state index contributed by atoms with van der Waals surface area (Å²) in [5, 5.41) is 14.9. The number of hydrogen-bond acceptors (Lipinski definition) is 3. The molecule has 1 amide bonds. The molecule has 0 aliphatic heterocycles. The molecule has 0 aromatic carbocycles. The maximum Gasteiger partial charge on any atom is 0.338 e. The fourth-order valence-electron chi connectivity index (χ4n) is 0.989. The minimum atomic E-state index is -1.06. The van der Waals surface area contributed by atoms with Gasteiger partial charge in [0.05, 0.1) is 11.8 Å². The maximum absolute atomic E-state index is 11.2. The summed E-state index contributed by atoms with van der Waals surface area (Å²) in [6, 6.07) is -0.506. The number of amides is 1.